The average molecular weight is 338 g/mol. The number of para-hydroxylation sites is 1. The molecule has 0 radical (unpaired) electrons. The van der Waals surface area contributed by atoms with Crippen LogP contribution >= 0.6 is 23.1 Å². The fraction of sp³-hybridized carbons (Fsp3) is 0.211. The van der Waals surface area contributed by atoms with E-state index in [0.717, 1.165) is 27.2 Å². The minimum Gasteiger partial charge on any atom is -0.493 e. The summed E-state index contributed by atoms with van der Waals surface area (Å²) in [6, 6.07) is 16.1. The second-order valence-electron chi connectivity index (χ2n) is 6.03. The summed E-state index contributed by atoms with van der Waals surface area (Å²) in [6.45, 7) is 0.699. The third-order valence-corrected chi connectivity index (χ3v) is 7.38. The quantitative estimate of drug-likeness (QED) is 0.603. The Labute approximate surface area is 142 Å². The summed E-state index contributed by atoms with van der Waals surface area (Å²) >= 11 is 3.57. The van der Waals surface area contributed by atoms with Gasteiger partial charge in [-0.3, -0.25) is 4.79 Å². The van der Waals surface area contributed by atoms with Crippen molar-refractivity contribution in [3.05, 3.63) is 69.9 Å². The van der Waals surface area contributed by atoms with Crippen molar-refractivity contribution in [2.75, 3.05) is 12.4 Å². The predicted octanol–water partition coefficient (Wildman–Crippen LogP) is 4.51. The number of hydrogen-bond acceptors (Lipinski definition) is 4. The fourth-order valence-corrected chi connectivity index (χ4v) is 6.33. The zero-order chi connectivity index (χ0) is 15.4. The van der Waals surface area contributed by atoms with Crippen molar-refractivity contribution < 1.29 is 4.74 Å². The molecule has 0 fully saturated rings. The topological polar surface area (TPSA) is 26.3 Å². The Bertz CT molecular complexity index is 977. The maximum Gasteiger partial charge on any atom is 0.193 e. The van der Waals surface area contributed by atoms with Gasteiger partial charge >= 0.3 is 0 Å². The van der Waals surface area contributed by atoms with Crippen LogP contribution in [0.15, 0.2) is 57.5 Å². The Morgan fingerprint density at radius 1 is 1.04 bits per heavy atom. The van der Waals surface area contributed by atoms with Crippen LogP contribution in [-0.4, -0.2) is 12.4 Å². The van der Waals surface area contributed by atoms with E-state index in [2.05, 4.69) is 6.07 Å². The van der Waals surface area contributed by atoms with Crippen LogP contribution in [0.2, 0.25) is 0 Å². The van der Waals surface area contributed by atoms with E-state index in [1.54, 1.807) is 11.3 Å². The van der Waals surface area contributed by atoms with Crippen LogP contribution in [0.5, 0.6) is 5.75 Å². The van der Waals surface area contributed by atoms with Gasteiger partial charge in [0.25, 0.3) is 0 Å². The van der Waals surface area contributed by atoms with Gasteiger partial charge in [-0.25, -0.2) is 0 Å². The van der Waals surface area contributed by atoms with E-state index in [9.17, 15) is 4.79 Å². The highest BCUT2D eigenvalue weighted by Gasteiger charge is 2.39. The van der Waals surface area contributed by atoms with Crippen molar-refractivity contribution in [1.82, 2.24) is 0 Å². The first-order chi connectivity index (χ1) is 11.3. The zero-order valence-electron chi connectivity index (χ0n) is 12.3. The highest BCUT2D eigenvalue weighted by Crippen LogP contribution is 2.50. The molecule has 5 rings (SSSR count). The minimum absolute atomic E-state index is 0.171. The predicted molar refractivity (Wildman–Crippen MR) is 96.1 cm³/mol. The largest absolute Gasteiger partial charge is 0.493 e. The highest BCUT2D eigenvalue weighted by molar-refractivity contribution is 8.01. The number of ether oxygens (including phenoxy) is 1. The molecule has 0 bridgehead atoms. The van der Waals surface area contributed by atoms with E-state index in [4.69, 9.17) is 4.74 Å². The summed E-state index contributed by atoms with van der Waals surface area (Å²) in [4.78, 5) is 13.2. The lowest BCUT2D eigenvalue weighted by atomic mass is 9.80. The second kappa shape index (κ2) is 5.11. The van der Waals surface area contributed by atoms with Crippen molar-refractivity contribution in [3.63, 3.8) is 0 Å². The molecule has 2 nitrogen and oxygen atoms in total. The molecular formula is C19H14O2S2. The SMILES string of the molecule is O=c1c2c(sc3ccccc13)SC[C@H]1COc3ccccc3[C@H]21. The third kappa shape index (κ3) is 1.98. The molecule has 114 valence electrons. The summed E-state index contributed by atoms with van der Waals surface area (Å²) in [5, 5.41) is 0.849. The monoisotopic (exact) mass is 338 g/mol. The van der Waals surface area contributed by atoms with Crippen LogP contribution in [0.4, 0.5) is 0 Å². The standard InChI is InChI=1S/C19H14O2S2/c20-18-13-6-2-4-8-15(13)23-19-17(18)16-11(10-22-19)9-21-14-7-3-1-5-12(14)16/h1-8,11,16H,9-10H2/t11-,16-/m1/s1. The molecule has 2 aromatic carbocycles. The number of fused-ring (bicyclic) bond motifs is 6. The minimum atomic E-state index is 0.171. The Morgan fingerprint density at radius 3 is 2.83 bits per heavy atom. The normalized spacial score (nSPS) is 21.9. The molecular weight excluding hydrogens is 324 g/mol. The first-order valence-electron chi connectivity index (χ1n) is 7.73. The molecule has 0 aliphatic carbocycles. The van der Waals surface area contributed by atoms with Crippen LogP contribution in [-0.2, 0) is 0 Å². The smallest absolute Gasteiger partial charge is 0.193 e. The van der Waals surface area contributed by atoms with Crippen LogP contribution < -0.4 is 10.2 Å². The van der Waals surface area contributed by atoms with Gasteiger partial charge in [-0.05, 0) is 18.2 Å². The van der Waals surface area contributed by atoms with Gasteiger partial charge in [-0.1, -0.05) is 30.3 Å². The molecule has 0 amide bonds. The van der Waals surface area contributed by atoms with Gasteiger partial charge < -0.3 is 4.74 Å². The lowest BCUT2D eigenvalue weighted by Crippen LogP contribution is -2.34. The van der Waals surface area contributed by atoms with Crippen LogP contribution in [0.3, 0.4) is 0 Å². The number of rotatable bonds is 0. The second-order valence-corrected chi connectivity index (χ2v) is 8.37. The van der Waals surface area contributed by atoms with E-state index in [1.807, 2.05) is 54.2 Å². The zero-order valence-corrected chi connectivity index (χ0v) is 14.0. The van der Waals surface area contributed by atoms with Gasteiger partial charge in [0.2, 0.25) is 0 Å². The van der Waals surface area contributed by atoms with Crippen molar-refractivity contribution in [1.29, 1.82) is 0 Å². The molecule has 3 heterocycles. The first-order valence-corrected chi connectivity index (χ1v) is 9.53. The van der Waals surface area contributed by atoms with Gasteiger partial charge in [-0.2, -0.15) is 0 Å². The Kier molecular flexibility index (Phi) is 3.03. The van der Waals surface area contributed by atoms with E-state index in [1.165, 1.54) is 9.77 Å². The summed E-state index contributed by atoms with van der Waals surface area (Å²) in [7, 11) is 0. The Balaban J connectivity index is 1.83. The van der Waals surface area contributed by atoms with Crippen LogP contribution in [0, 0.1) is 5.92 Å². The summed E-state index contributed by atoms with van der Waals surface area (Å²) in [5.41, 5.74) is 2.36. The lowest BCUT2D eigenvalue weighted by molar-refractivity contribution is 0.218. The summed E-state index contributed by atoms with van der Waals surface area (Å²) < 4.78 is 8.20. The molecule has 0 N–H and O–H groups in total. The molecule has 0 saturated heterocycles. The Morgan fingerprint density at radius 2 is 1.87 bits per heavy atom. The first kappa shape index (κ1) is 13.6. The van der Waals surface area contributed by atoms with Gasteiger partial charge in [0.1, 0.15) is 5.75 Å². The van der Waals surface area contributed by atoms with E-state index in [-0.39, 0.29) is 11.3 Å². The highest BCUT2D eigenvalue weighted by atomic mass is 32.2. The summed E-state index contributed by atoms with van der Waals surface area (Å²) in [5.74, 6) is 2.50. The molecule has 3 aromatic rings. The molecule has 2 aliphatic heterocycles. The van der Waals surface area contributed by atoms with E-state index >= 15 is 0 Å². The number of hydrogen-bond donors (Lipinski definition) is 0. The lowest BCUT2D eigenvalue weighted by Gasteiger charge is -2.37. The van der Waals surface area contributed by atoms with Crippen molar-refractivity contribution >= 4 is 33.2 Å². The molecule has 2 aliphatic rings. The maximum absolute atomic E-state index is 13.2. The van der Waals surface area contributed by atoms with Gasteiger partial charge in [-0.15, -0.1) is 23.1 Å². The Hall–Kier alpha value is -1.78. The van der Waals surface area contributed by atoms with E-state index in [0.29, 0.717) is 12.5 Å². The van der Waals surface area contributed by atoms with Crippen molar-refractivity contribution in [2.24, 2.45) is 5.92 Å². The summed E-state index contributed by atoms with van der Waals surface area (Å²) in [6.07, 6.45) is 0. The fourth-order valence-electron chi connectivity index (χ4n) is 3.65. The molecule has 0 unspecified atom stereocenters. The molecule has 2 atom stereocenters. The molecule has 23 heavy (non-hydrogen) atoms. The average Bonchev–Trinajstić information content (AvgIpc) is 2.61. The molecule has 0 saturated carbocycles. The van der Waals surface area contributed by atoms with Crippen LogP contribution in [0.1, 0.15) is 17.0 Å². The van der Waals surface area contributed by atoms with Gasteiger partial charge in [0.05, 0.1) is 10.8 Å². The van der Waals surface area contributed by atoms with Crippen molar-refractivity contribution in [2.45, 2.75) is 10.1 Å². The van der Waals surface area contributed by atoms with Gasteiger partial charge in [0.15, 0.2) is 5.43 Å². The van der Waals surface area contributed by atoms with Crippen LogP contribution in [0.25, 0.3) is 10.1 Å². The number of benzene rings is 2. The molecule has 0 spiro atoms. The molecule has 4 heteroatoms. The number of thioether (sulfide) groups is 1. The van der Waals surface area contributed by atoms with Gasteiger partial charge in [0, 0.05) is 38.8 Å². The third-order valence-electron chi connectivity index (χ3n) is 4.72. The molecule has 1 aromatic heterocycles. The van der Waals surface area contributed by atoms with E-state index < -0.39 is 0 Å². The van der Waals surface area contributed by atoms with Crippen molar-refractivity contribution in [3.8, 4) is 5.75 Å². The maximum atomic E-state index is 13.2.